The van der Waals surface area contributed by atoms with Gasteiger partial charge in [0, 0.05) is 46.9 Å². The van der Waals surface area contributed by atoms with Crippen LogP contribution in [0, 0.1) is 0 Å². The van der Waals surface area contributed by atoms with Gasteiger partial charge in [-0.15, -0.1) is 0 Å². The smallest absolute Gasteiger partial charge is 0.338 e. The molecule has 16 nitrogen and oxygen atoms in total. The van der Waals surface area contributed by atoms with E-state index in [1.165, 1.54) is 12.1 Å². The second kappa shape index (κ2) is 12.6. The third kappa shape index (κ3) is 5.85. The van der Waals surface area contributed by atoms with E-state index in [4.69, 9.17) is 14.2 Å². The Bertz CT molecular complexity index is 2280. The highest BCUT2D eigenvalue weighted by Crippen LogP contribution is 2.57. The zero-order chi connectivity index (χ0) is 38.0. The first kappa shape index (κ1) is 34.4. The van der Waals surface area contributed by atoms with E-state index >= 15 is 0 Å². The van der Waals surface area contributed by atoms with Crippen molar-refractivity contribution in [2.24, 2.45) is 0 Å². The molecular weight excluding hydrogens is 700 g/mol. The monoisotopic (exact) mass is 730 g/mol. The fraction of sp³-hybridized carbons (Fsp3) is 0.162. The van der Waals surface area contributed by atoms with Crippen molar-refractivity contribution in [2.45, 2.75) is 36.8 Å². The van der Waals surface area contributed by atoms with E-state index in [1.54, 1.807) is 0 Å². The number of fused-ring (bicyclic) bond motifs is 2. The van der Waals surface area contributed by atoms with Crippen LogP contribution in [0.25, 0.3) is 0 Å². The molecule has 53 heavy (non-hydrogen) atoms. The van der Waals surface area contributed by atoms with E-state index in [0.717, 1.165) is 54.6 Å². The third-order valence-corrected chi connectivity index (χ3v) is 9.22. The average molecular weight is 731 g/mol. The summed E-state index contributed by atoms with van der Waals surface area (Å²) >= 11 is 0. The molecule has 0 bridgehead atoms. The van der Waals surface area contributed by atoms with Crippen molar-refractivity contribution in [1.82, 2.24) is 0 Å². The topological polar surface area (TPSA) is 288 Å². The molecule has 2 aliphatic heterocycles. The second-order valence-electron chi connectivity index (χ2n) is 12.6. The predicted octanol–water partition coefficient (Wildman–Crippen LogP) is 3.98. The van der Waals surface area contributed by atoms with Crippen LogP contribution in [0.1, 0.15) is 56.3 Å². The van der Waals surface area contributed by atoms with Gasteiger partial charge in [0.2, 0.25) is 0 Å². The molecule has 5 atom stereocenters. The number of benzene rings is 5. The summed E-state index contributed by atoms with van der Waals surface area (Å²) in [6, 6.07) is 11.9. The third-order valence-electron chi connectivity index (χ3n) is 9.22. The van der Waals surface area contributed by atoms with Crippen molar-refractivity contribution >= 4 is 5.97 Å². The summed E-state index contributed by atoms with van der Waals surface area (Å²) < 4.78 is 18.1. The van der Waals surface area contributed by atoms with Crippen LogP contribution < -0.4 is 9.47 Å². The first-order valence-corrected chi connectivity index (χ1v) is 15.8. The number of hydrogen-bond acceptors (Lipinski definition) is 16. The minimum atomic E-state index is -1.72. The number of carbonyl (C=O) groups is 1. The van der Waals surface area contributed by atoms with Gasteiger partial charge in [-0.05, 0) is 42.0 Å². The number of aliphatic hydroxyl groups is 1. The van der Waals surface area contributed by atoms with Crippen LogP contribution in [-0.2, 0) is 11.2 Å². The number of aliphatic hydroxyl groups excluding tert-OH is 1. The van der Waals surface area contributed by atoms with Crippen LogP contribution in [0.4, 0.5) is 0 Å². The van der Waals surface area contributed by atoms with E-state index in [2.05, 4.69) is 0 Å². The number of hydrogen-bond donors (Lipinski definition) is 12. The maximum Gasteiger partial charge on any atom is 0.338 e. The van der Waals surface area contributed by atoms with Crippen LogP contribution in [0.15, 0.2) is 66.7 Å². The molecule has 2 aliphatic rings. The summed E-state index contributed by atoms with van der Waals surface area (Å²) in [6.45, 7) is 0. The molecule has 0 spiro atoms. The van der Waals surface area contributed by atoms with Gasteiger partial charge in [-0.1, -0.05) is 12.1 Å². The summed E-state index contributed by atoms with van der Waals surface area (Å²) in [6.07, 6.45) is -6.22. The quantitative estimate of drug-likeness (QED) is 0.0899. The highest BCUT2D eigenvalue weighted by atomic mass is 16.6. The van der Waals surface area contributed by atoms with E-state index in [9.17, 15) is 66.1 Å². The van der Waals surface area contributed by atoms with Gasteiger partial charge in [0.05, 0.1) is 11.5 Å². The lowest BCUT2D eigenvalue weighted by atomic mass is 9.77. The Labute approximate surface area is 297 Å². The van der Waals surface area contributed by atoms with Gasteiger partial charge < -0.3 is 75.5 Å². The molecule has 7 rings (SSSR count). The molecule has 0 radical (unpaired) electrons. The molecule has 0 aliphatic carbocycles. The standard InChI is InChI=1S/C37H30O16/c38-16-9-23(44)29-27(10-16)51-35(14-2-4-19(40)22(43)6-14)33(49)31(29)30-24(45)12-20(41)17-11-28(52-37(50)15-7-25(46)32(48)26(47)8-15)34(53-36(17)30)13-1-3-18(39)21(42)5-13/h1-10,12,28,31,33-35,38-49H,11H2/t28-,31-,33?,34-,35-/m1/s1. The molecule has 2 heterocycles. The lowest BCUT2D eigenvalue weighted by Crippen LogP contribution is -2.38. The summed E-state index contributed by atoms with van der Waals surface area (Å²) in [4.78, 5) is 13.4. The van der Waals surface area contributed by atoms with Gasteiger partial charge in [0.15, 0.2) is 52.5 Å². The fourth-order valence-electron chi connectivity index (χ4n) is 6.72. The highest BCUT2D eigenvalue weighted by molar-refractivity contribution is 5.91. The number of carbonyl (C=O) groups excluding carboxylic acids is 1. The van der Waals surface area contributed by atoms with Crippen LogP contribution in [0.5, 0.6) is 74.7 Å². The summed E-state index contributed by atoms with van der Waals surface area (Å²) in [5.74, 6) is -9.84. The van der Waals surface area contributed by atoms with E-state index in [1.807, 2.05) is 0 Å². The minimum absolute atomic E-state index is 0.0661. The van der Waals surface area contributed by atoms with Gasteiger partial charge >= 0.3 is 5.97 Å². The zero-order valence-corrected chi connectivity index (χ0v) is 26.9. The molecule has 16 heteroatoms. The van der Waals surface area contributed by atoms with E-state index in [-0.39, 0.29) is 45.7 Å². The summed E-state index contributed by atoms with van der Waals surface area (Å²) in [7, 11) is 0. The number of esters is 1. The fourth-order valence-corrected chi connectivity index (χ4v) is 6.72. The Balaban J connectivity index is 1.39. The van der Waals surface area contributed by atoms with Crippen LogP contribution in [0.2, 0.25) is 0 Å². The summed E-state index contributed by atoms with van der Waals surface area (Å²) in [5.41, 5.74) is -0.556. The Morgan fingerprint density at radius 1 is 0.585 bits per heavy atom. The molecule has 5 aromatic carbocycles. The average Bonchev–Trinajstić information content (AvgIpc) is 3.10. The van der Waals surface area contributed by atoms with Crippen molar-refractivity contribution in [3.63, 3.8) is 0 Å². The number of rotatable bonds is 5. The second-order valence-corrected chi connectivity index (χ2v) is 12.6. The van der Waals surface area contributed by atoms with Crippen molar-refractivity contribution in [2.75, 3.05) is 0 Å². The zero-order valence-electron chi connectivity index (χ0n) is 26.9. The van der Waals surface area contributed by atoms with Crippen molar-refractivity contribution in [3.8, 4) is 74.7 Å². The van der Waals surface area contributed by atoms with Crippen molar-refractivity contribution < 1.29 is 80.3 Å². The van der Waals surface area contributed by atoms with Gasteiger partial charge in [-0.25, -0.2) is 4.79 Å². The van der Waals surface area contributed by atoms with Crippen molar-refractivity contribution in [1.29, 1.82) is 0 Å². The Morgan fingerprint density at radius 2 is 1.17 bits per heavy atom. The SMILES string of the molecule is O=C(O[C@@H]1Cc2c(O)cc(O)c([C@H]3c4c(O)cc(O)cc4O[C@H](c4ccc(O)c(O)c4)C3O)c2O[C@@H]1c1ccc(O)c(O)c1)c1cc(O)c(O)c(O)c1. The maximum atomic E-state index is 13.4. The first-order chi connectivity index (χ1) is 25.1. The van der Waals surface area contributed by atoms with Crippen LogP contribution >= 0.6 is 0 Å². The van der Waals surface area contributed by atoms with Crippen LogP contribution in [-0.4, -0.2) is 79.5 Å². The number of phenols is 11. The predicted molar refractivity (Wildman–Crippen MR) is 178 cm³/mol. The van der Waals surface area contributed by atoms with Gasteiger partial charge in [0.1, 0.15) is 46.7 Å². The number of aromatic hydroxyl groups is 11. The largest absolute Gasteiger partial charge is 0.508 e. The molecule has 0 saturated carbocycles. The number of ether oxygens (including phenoxy) is 3. The van der Waals surface area contributed by atoms with E-state index in [0.29, 0.717) is 0 Å². The van der Waals surface area contributed by atoms with Gasteiger partial charge in [-0.3, -0.25) is 0 Å². The summed E-state index contributed by atoms with van der Waals surface area (Å²) in [5, 5.41) is 126. The molecule has 274 valence electrons. The van der Waals surface area contributed by atoms with Gasteiger partial charge in [-0.2, -0.15) is 0 Å². The first-order valence-electron chi connectivity index (χ1n) is 15.8. The maximum absolute atomic E-state index is 13.4. The molecule has 0 fully saturated rings. The molecule has 0 amide bonds. The Kier molecular flexibility index (Phi) is 8.18. The lowest BCUT2D eigenvalue weighted by molar-refractivity contribution is -0.0210. The molecule has 1 unspecified atom stereocenters. The Morgan fingerprint density at radius 3 is 1.77 bits per heavy atom. The van der Waals surface area contributed by atoms with Crippen molar-refractivity contribution in [3.05, 3.63) is 100 Å². The highest BCUT2D eigenvalue weighted by Gasteiger charge is 2.47. The Hall–Kier alpha value is -7.07. The van der Waals surface area contributed by atoms with Gasteiger partial charge in [0.25, 0.3) is 0 Å². The molecule has 12 N–H and O–H groups in total. The lowest BCUT2D eigenvalue weighted by Gasteiger charge is -2.40. The van der Waals surface area contributed by atoms with E-state index < -0.39 is 105 Å². The molecule has 0 saturated heterocycles. The normalized spacial score (nSPS) is 20.4. The molecule has 0 aromatic heterocycles. The van der Waals surface area contributed by atoms with Crippen LogP contribution in [0.3, 0.4) is 0 Å². The molecule has 5 aromatic rings. The minimum Gasteiger partial charge on any atom is -0.508 e. The number of phenolic OH excluding ortho intramolecular Hbond substituents is 11. The molecular formula is C37H30O16.